The van der Waals surface area contributed by atoms with Crippen LogP contribution >= 0.6 is 0 Å². The molecule has 0 saturated carbocycles. The van der Waals surface area contributed by atoms with Gasteiger partial charge < -0.3 is 20.3 Å². The molecular formula is C14H19NO5. The van der Waals surface area contributed by atoms with Gasteiger partial charge in [-0.25, -0.2) is 4.79 Å². The summed E-state index contributed by atoms with van der Waals surface area (Å²) in [6.45, 7) is 1.81. The second-order valence-corrected chi connectivity index (χ2v) is 4.35. The smallest absolute Gasteiger partial charge is 0.329 e. The van der Waals surface area contributed by atoms with Crippen molar-refractivity contribution in [1.29, 1.82) is 0 Å². The van der Waals surface area contributed by atoms with Crippen LogP contribution in [0, 0.1) is 0 Å². The Labute approximate surface area is 117 Å². The number of benzene rings is 1. The minimum atomic E-state index is -1.37. The Bertz CT molecular complexity index is 457. The predicted molar refractivity (Wildman–Crippen MR) is 72.4 cm³/mol. The van der Waals surface area contributed by atoms with Crippen LogP contribution in [0.15, 0.2) is 24.3 Å². The Morgan fingerprint density at radius 2 is 1.90 bits per heavy atom. The molecule has 0 saturated heterocycles. The van der Waals surface area contributed by atoms with Crippen molar-refractivity contribution in [3.8, 4) is 5.75 Å². The largest absolute Gasteiger partial charge is 0.497 e. The first-order valence-electron chi connectivity index (χ1n) is 6.33. The van der Waals surface area contributed by atoms with E-state index in [2.05, 4.69) is 5.32 Å². The molecule has 0 radical (unpaired) electrons. The van der Waals surface area contributed by atoms with Crippen molar-refractivity contribution in [2.45, 2.75) is 31.9 Å². The lowest BCUT2D eigenvalue weighted by atomic mass is 10.0. The van der Waals surface area contributed by atoms with Crippen LogP contribution in [0.1, 0.15) is 31.4 Å². The Hall–Kier alpha value is -2.08. The van der Waals surface area contributed by atoms with E-state index < -0.39 is 24.0 Å². The number of aliphatic hydroxyl groups excluding tert-OH is 1. The van der Waals surface area contributed by atoms with E-state index in [0.717, 1.165) is 0 Å². The molecule has 0 aliphatic heterocycles. The normalized spacial score (nSPS) is 13.3. The van der Waals surface area contributed by atoms with Gasteiger partial charge in [-0.15, -0.1) is 0 Å². The lowest BCUT2D eigenvalue weighted by molar-refractivity contribution is -0.145. The van der Waals surface area contributed by atoms with Crippen molar-refractivity contribution in [1.82, 2.24) is 5.32 Å². The zero-order chi connectivity index (χ0) is 15.1. The molecule has 1 aromatic rings. The number of hydrogen-bond acceptors (Lipinski definition) is 4. The Balaban J connectivity index is 2.84. The van der Waals surface area contributed by atoms with Crippen molar-refractivity contribution < 1.29 is 24.5 Å². The highest BCUT2D eigenvalue weighted by atomic mass is 16.5. The number of ether oxygens (including phenoxy) is 1. The SMILES string of the molecule is CCCC(=O)NC(C(=O)O)C(O)c1ccc(OC)cc1. The van der Waals surface area contributed by atoms with Crippen LogP contribution in [-0.4, -0.2) is 35.2 Å². The average molecular weight is 281 g/mol. The molecule has 20 heavy (non-hydrogen) atoms. The first kappa shape index (κ1) is 16.0. The summed E-state index contributed by atoms with van der Waals surface area (Å²) in [5, 5.41) is 21.5. The highest BCUT2D eigenvalue weighted by Gasteiger charge is 2.29. The first-order valence-corrected chi connectivity index (χ1v) is 6.33. The summed E-state index contributed by atoms with van der Waals surface area (Å²) in [6, 6.07) is 4.98. The molecule has 0 aliphatic carbocycles. The zero-order valence-corrected chi connectivity index (χ0v) is 11.5. The fourth-order valence-electron chi connectivity index (χ4n) is 1.74. The molecule has 1 rings (SSSR count). The van der Waals surface area contributed by atoms with E-state index in [4.69, 9.17) is 9.84 Å². The number of methoxy groups -OCH3 is 1. The van der Waals surface area contributed by atoms with Gasteiger partial charge in [-0.3, -0.25) is 4.79 Å². The minimum Gasteiger partial charge on any atom is -0.497 e. The number of hydrogen-bond donors (Lipinski definition) is 3. The number of carboxylic acid groups (broad SMARTS) is 1. The zero-order valence-electron chi connectivity index (χ0n) is 11.5. The second kappa shape index (κ2) is 7.49. The summed E-state index contributed by atoms with van der Waals surface area (Å²) in [6.07, 6.45) is -0.491. The number of carbonyl (C=O) groups excluding carboxylic acids is 1. The summed E-state index contributed by atoms with van der Waals surface area (Å²) in [5.41, 5.74) is 0.398. The summed E-state index contributed by atoms with van der Waals surface area (Å²) >= 11 is 0. The number of rotatable bonds is 7. The molecule has 110 valence electrons. The van der Waals surface area contributed by atoms with Crippen molar-refractivity contribution >= 4 is 11.9 Å². The van der Waals surface area contributed by atoms with Crippen LogP contribution in [0.4, 0.5) is 0 Å². The van der Waals surface area contributed by atoms with E-state index in [1.54, 1.807) is 24.3 Å². The molecular weight excluding hydrogens is 262 g/mol. The van der Waals surface area contributed by atoms with Crippen LogP contribution < -0.4 is 10.1 Å². The van der Waals surface area contributed by atoms with Crippen molar-refractivity contribution in [3.63, 3.8) is 0 Å². The number of nitrogens with one attached hydrogen (secondary N) is 1. The third kappa shape index (κ3) is 4.24. The average Bonchev–Trinajstić information content (AvgIpc) is 2.44. The number of aliphatic hydroxyl groups is 1. The molecule has 6 heteroatoms. The number of aliphatic carboxylic acids is 1. The molecule has 0 spiro atoms. The van der Waals surface area contributed by atoms with Crippen molar-refractivity contribution in [2.75, 3.05) is 7.11 Å². The number of amides is 1. The van der Waals surface area contributed by atoms with Crippen LogP contribution in [0.5, 0.6) is 5.75 Å². The van der Waals surface area contributed by atoms with Gasteiger partial charge in [0, 0.05) is 6.42 Å². The lowest BCUT2D eigenvalue weighted by Crippen LogP contribution is -2.44. The highest BCUT2D eigenvalue weighted by Crippen LogP contribution is 2.20. The van der Waals surface area contributed by atoms with E-state index in [1.165, 1.54) is 7.11 Å². The summed E-state index contributed by atoms with van der Waals surface area (Å²) in [4.78, 5) is 22.7. The Morgan fingerprint density at radius 1 is 1.30 bits per heavy atom. The van der Waals surface area contributed by atoms with Crippen LogP contribution in [0.3, 0.4) is 0 Å². The van der Waals surface area contributed by atoms with E-state index in [1.807, 2.05) is 6.92 Å². The molecule has 0 heterocycles. The van der Waals surface area contributed by atoms with Gasteiger partial charge in [0.2, 0.25) is 5.91 Å². The van der Waals surface area contributed by atoms with Crippen LogP contribution in [0.25, 0.3) is 0 Å². The first-order chi connectivity index (χ1) is 9.49. The van der Waals surface area contributed by atoms with Crippen LogP contribution in [0.2, 0.25) is 0 Å². The molecule has 0 aliphatic rings. The summed E-state index contributed by atoms with van der Waals surface area (Å²) < 4.78 is 4.99. The third-order valence-electron chi connectivity index (χ3n) is 2.83. The quantitative estimate of drug-likeness (QED) is 0.695. The topological polar surface area (TPSA) is 95.9 Å². The van der Waals surface area contributed by atoms with Gasteiger partial charge in [-0.2, -0.15) is 0 Å². The highest BCUT2D eigenvalue weighted by molar-refractivity contribution is 5.84. The molecule has 0 fully saturated rings. The third-order valence-corrected chi connectivity index (χ3v) is 2.83. The standard InChI is InChI=1S/C14H19NO5/c1-3-4-11(16)15-12(14(18)19)13(17)9-5-7-10(20-2)8-6-9/h5-8,12-13,17H,3-4H2,1-2H3,(H,15,16)(H,18,19). The monoisotopic (exact) mass is 281 g/mol. The van der Waals surface area contributed by atoms with Gasteiger partial charge in [-0.05, 0) is 24.1 Å². The lowest BCUT2D eigenvalue weighted by Gasteiger charge is -2.21. The van der Waals surface area contributed by atoms with E-state index >= 15 is 0 Å². The number of carboxylic acids is 1. The molecule has 1 aromatic carbocycles. The van der Waals surface area contributed by atoms with Gasteiger partial charge in [0.1, 0.15) is 11.9 Å². The van der Waals surface area contributed by atoms with Crippen LogP contribution in [-0.2, 0) is 9.59 Å². The molecule has 0 aromatic heterocycles. The van der Waals surface area contributed by atoms with E-state index in [-0.39, 0.29) is 6.42 Å². The predicted octanol–water partition coefficient (Wildman–Crippen LogP) is 1.10. The fraction of sp³-hybridized carbons (Fsp3) is 0.429. The Morgan fingerprint density at radius 3 is 2.35 bits per heavy atom. The fourth-order valence-corrected chi connectivity index (χ4v) is 1.74. The molecule has 0 bridgehead atoms. The van der Waals surface area contributed by atoms with E-state index in [9.17, 15) is 14.7 Å². The second-order valence-electron chi connectivity index (χ2n) is 4.35. The summed E-state index contributed by atoms with van der Waals surface area (Å²) in [5.74, 6) is -1.08. The summed E-state index contributed by atoms with van der Waals surface area (Å²) in [7, 11) is 1.51. The maximum absolute atomic E-state index is 11.5. The molecule has 2 atom stereocenters. The maximum atomic E-state index is 11.5. The maximum Gasteiger partial charge on any atom is 0.329 e. The Kier molecular flexibility index (Phi) is 5.99. The molecule has 3 N–H and O–H groups in total. The van der Waals surface area contributed by atoms with E-state index in [0.29, 0.717) is 17.7 Å². The van der Waals surface area contributed by atoms with Crippen molar-refractivity contribution in [3.05, 3.63) is 29.8 Å². The molecule has 2 unspecified atom stereocenters. The van der Waals surface area contributed by atoms with Gasteiger partial charge in [-0.1, -0.05) is 19.1 Å². The van der Waals surface area contributed by atoms with Gasteiger partial charge in [0.25, 0.3) is 0 Å². The molecule has 1 amide bonds. The van der Waals surface area contributed by atoms with Crippen molar-refractivity contribution in [2.24, 2.45) is 0 Å². The minimum absolute atomic E-state index is 0.221. The van der Waals surface area contributed by atoms with Gasteiger partial charge >= 0.3 is 5.97 Å². The molecule has 6 nitrogen and oxygen atoms in total. The van der Waals surface area contributed by atoms with Gasteiger partial charge in [0.05, 0.1) is 7.11 Å². The van der Waals surface area contributed by atoms with Gasteiger partial charge in [0.15, 0.2) is 6.04 Å². The number of carbonyl (C=O) groups is 2.